The smallest absolute Gasteiger partial charge is 0.321 e. The molecule has 1 nitrogen and oxygen atoms in total. The van der Waals surface area contributed by atoms with E-state index in [9.17, 15) is 22.0 Å². The van der Waals surface area contributed by atoms with Crippen molar-refractivity contribution < 1.29 is 22.0 Å². The minimum atomic E-state index is -4.35. The van der Waals surface area contributed by atoms with Gasteiger partial charge >= 0.3 is 6.18 Å². The van der Waals surface area contributed by atoms with Crippen molar-refractivity contribution in [1.82, 2.24) is 0 Å². The van der Waals surface area contributed by atoms with Gasteiger partial charge in [-0.3, -0.25) is 0 Å². The molecule has 106 valence electrons. The average Bonchev–Trinajstić information content (AvgIpc) is 2.31. The molecule has 0 radical (unpaired) electrons. The Morgan fingerprint density at radius 2 is 1.89 bits per heavy atom. The maximum Gasteiger partial charge on any atom is 0.391 e. The van der Waals surface area contributed by atoms with Crippen molar-refractivity contribution in [1.29, 1.82) is 0 Å². The molecule has 0 saturated heterocycles. The summed E-state index contributed by atoms with van der Waals surface area (Å²) in [6, 6.07) is 3.45. The van der Waals surface area contributed by atoms with Crippen LogP contribution in [0.2, 0.25) is 0 Å². The van der Waals surface area contributed by atoms with Crippen LogP contribution in [0.25, 0.3) is 0 Å². The van der Waals surface area contributed by atoms with Crippen LogP contribution in [-0.4, -0.2) is 6.18 Å². The lowest BCUT2D eigenvalue weighted by Crippen LogP contribution is -2.45. The summed E-state index contributed by atoms with van der Waals surface area (Å²) < 4.78 is 65.2. The lowest BCUT2D eigenvalue weighted by atomic mass is 9.72. The summed E-state index contributed by atoms with van der Waals surface area (Å²) in [5.74, 6) is -3.79. The number of rotatable bonds is 1. The first-order chi connectivity index (χ1) is 8.74. The summed E-state index contributed by atoms with van der Waals surface area (Å²) in [6.07, 6.45) is -4.30. The molecular formula is C13H14F5N. The molecule has 0 spiro atoms. The second kappa shape index (κ2) is 4.74. The molecule has 1 aromatic carbocycles. The van der Waals surface area contributed by atoms with Crippen molar-refractivity contribution in [3.05, 3.63) is 35.4 Å². The molecule has 0 amide bonds. The molecule has 1 saturated carbocycles. The van der Waals surface area contributed by atoms with Gasteiger partial charge in [-0.25, -0.2) is 8.78 Å². The highest BCUT2D eigenvalue weighted by molar-refractivity contribution is 5.27. The number of halogens is 5. The zero-order chi connectivity index (χ0) is 14.3. The lowest BCUT2D eigenvalue weighted by Gasteiger charge is -2.39. The van der Waals surface area contributed by atoms with Gasteiger partial charge in [0.25, 0.3) is 0 Å². The van der Waals surface area contributed by atoms with Gasteiger partial charge in [0, 0.05) is 11.1 Å². The summed E-state index contributed by atoms with van der Waals surface area (Å²) in [7, 11) is 0. The second-order valence-corrected chi connectivity index (χ2v) is 5.09. The molecule has 1 aromatic rings. The minimum absolute atomic E-state index is 0.0145. The van der Waals surface area contributed by atoms with E-state index >= 15 is 0 Å². The summed E-state index contributed by atoms with van der Waals surface area (Å²) in [5, 5.41) is 0. The van der Waals surface area contributed by atoms with E-state index in [-0.39, 0.29) is 24.8 Å². The van der Waals surface area contributed by atoms with Gasteiger partial charge < -0.3 is 5.73 Å². The van der Waals surface area contributed by atoms with Gasteiger partial charge in [0.1, 0.15) is 0 Å². The Balaban J connectivity index is 2.34. The van der Waals surface area contributed by atoms with Gasteiger partial charge in [-0.1, -0.05) is 18.6 Å². The Hall–Kier alpha value is -1.17. The fourth-order valence-electron chi connectivity index (χ4n) is 2.72. The van der Waals surface area contributed by atoms with Gasteiger partial charge in [-0.2, -0.15) is 13.2 Å². The maximum atomic E-state index is 13.7. The fraction of sp³-hybridized carbons (Fsp3) is 0.538. The van der Waals surface area contributed by atoms with Crippen LogP contribution in [0.3, 0.4) is 0 Å². The second-order valence-electron chi connectivity index (χ2n) is 5.09. The normalized spacial score (nSPS) is 28.4. The molecule has 1 fully saturated rings. The standard InChI is InChI=1S/C13H14F5N/c14-10-5-1-4-9(11(10)15)12(19)6-2-3-8(7-12)13(16,17)18/h1,4-5,8H,2-3,6-7,19H2. The molecule has 6 heteroatoms. The summed E-state index contributed by atoms with van der Waals surface area (Å²) >= 11 is 0. The largest absolute Gasteiger partial charge is 0.391 e. The first-order valence-electron chi connectivity index (χ1n) is 6.04. The van der Waals surface area contributed by atoms with E-state index < -0.39 is 35.7 Å². The van der Waals surface area contributed by atoms with Crippen molar-refractivity contribution in [2.24, 2.45) is 11.7 Å². The summed E-state index contributed by atoms with van der Waals surface area (Å²) in [5.41, 5.74) is 4.31. The van der Waals surface area contributed by atoms with Crippen molar-refractivity contribution in [2.75, 3.05) is 0 Å². The highest BCUT2D eigenvalue weighted by Gasteiger charge is 2.47. The monoisotopic (exact) mass is 279 g/mol. The van der Waals surface area contributed by atoms with Crippen LogP contribution in [-0.2, 0) is 5.54 Å². The number of benzene rings is 1. The van der Waals surface area contributed by atoms with Gasteiger partial charge in [0.2, 0.25) is 0 Å². The van der Waals surface area contributed by atoms with E-state index in [4.69, 9.17) is 5.73 Å². The third-order valence-electron chi connectivity index (χ3n) is 3.74. The lowest BCUT2D eigenvalue weighted by molar-refractivity contribution is -0.187. The number of hydrogen-bond acceptors (Lipinski definition) is 1. The zero-order valence-corrected chi connectivity index (χ0v) is 10.1. The highest BCUT2D eigenvalue weighted by atomic mass is 19.4. The Bertz CT molecular complexity index is 471. The van der Waals surface area contributed by atoms with E-state index in [1.807, 2.05) is 0 Å². The zero-order valence-electron chi connectivity index (χ0n) is 10.1. The Labute approximate surface area is 107 Å². The van der Waals surface area contributed by atoms with Crippen LogP contribution in [0.5, 0.6) is 0 Å². The van der Waals surface area contributed by atoms with E-state index in [1.54, 1.807) is 0 Å². The van der Waals surface area contributed by atoms with Gasteiger partial charge in [-0.15, -0.1) is 0 Å². The molecule has 19 heavy (non-hydrogen) atoms. The Morgan fingerprint density at radius 1 is 1.21 bits per heavy atom. The molecular weight excluding hydrogens is 265 g/mol. The highest BCUT2D eigenvalue weighted by Crippen LogP contribution is 2.45. The van der Waals surface area contributed by atoms with Crippen LogP contribution in [0.4, 0.5) is 22.0 Å². The Morgan fingerprint density at radius 3 is 2.53 bits per heavy atom. The molecule has 0 aromatic heterocycles. The van der Waals surface area contributed by atoms with Crippen molar-refractivity contribution >= 4 is 0 Å². The molecule has 0 bridgehead atoms. The van der Waals surface area contributed by atoms with E-state index in [2.05, 4.69) is 0 Å². The van der Waals surface area contributed by atoms with Crippen molar-refractivity contribution in [2.45, 2.75) is 37.4 Å². The SMILES string of the molecule is NC1(c2cccc(F)c2F)CCCC(C(F)(F)F)C1. The topological polar surface area (TPSA) is 26.0 Å². The molecule has 2 unspecified atom stereocenters. The molecule has 0 heterocycles. The van der Waals surface area contributed by atoms with E-state index in [0.29, 0.717) is 0 Å². The predicted molar refractivity (Wildman–Crippen MR) is 60.2 cm³/mol. The van der Waals surface area contributed by atoms with E-state index in [1.165, 1.54) is 12.1 Å². The number of nitrogens with two attached hydrogens (primary N) is 1. The summed E-state index contributed by atoms with van der Waals surface area (Å²) in [4.78, 5) is 0. The molecule has 1 aliphatic rings. The molecule has 2 rings (SSSR count). The van der Waals surface area contributed by atoms with Gasteiger partial charge in [-0.05, 0) is 25.3 Å². The fourth-order valence-corrected chi connectivity index (χ4v) is 2.72. The third-order valence-corrected chi connectivity index (χ3v) is 3.74. The first kappa shape index (κ1) is 14.2. The van der Waals surface area contributed by atoms with Crippen LogP contribution >= 0.6 is 0 Å². The first-order valence-corrected chi connectivity index (χ1v) is 6.04. The third kappa shape index (κ3) is 2.73. The van der Waals surface area contributed by atoms with Gasteiger partial charge in [0.05, 0.1) is 5.92 Å². The van der Waals surface area contributed by atoms with Crippen LogP contribution in [0, 0.1) is 17.6 Å². The maximum absolute atomic E-state index is 13.7. The van der Waals surface area contributed by atoms with Crippen LogP contribution in [0.15, 0.2) is 18.2 Å². The number of hydrogen-bond donors (Lipinski definition) is 1. The predicted octanol–water partition coefficient (Wildman–Crippen LogP) is 3.87. The number of alkyl halides is 3. The van der Waals surface area contributed by atoms with Gasteiger partial charge in [0.15, 0.2) is 11.6 Å². The minimum Gasteiger partial charge on any atom is -0.321 e. The van der Waals surface area contributed by atoms with Crippen molar-refractivity contribution in [3.63, 3.8) is 0 Å². The molecule has 2 atom stereocenters. The van der Waals surface area contributed by atoms with E-state index in [0.717, 1.165) is 6.07 Å². The molecule has 0 aliphatic heterocycles. The molecule has 1 aliphatic carbocycles. The molecule has 2 N–H and O–H groups in total. The van der Waals surface area contributed by atoms with Crippen molar-refractivity contribution in [3.8, 4) is 0 Å². The Kier molecular flexibility index (Phi) is 3.55. The summed E-state index contributed by atoms with van der Waals surface area (Å²) in [6.45, 7) is 0. The van der Waals surface area contributed by atoms with Crippen LogP contribution in [0.1, 0.15) is 31.2 Å². The average molecular weight is 279 g/mol. The quantitative estimate of drug-likeness (QED) is 0.776. The van der Waals surface area contributed by atoms with Crippen LogP contribution < -0.4 is 5.73 Å².